The van der Waals surface area contributed by atoms with Crippen LogP contribution in [0.3, 0.4) is 0 Å². The Bertz CT molecular complexity index is 345. The van der Waals surface area contributed by atoms with Crippen molar-refractivity contribution in [1.29, 1.82) is 0 Å². The van der Waals surface area contributed by atoms with Gasteiger partial charge >= 0.3 is 12.0 Å². The molecule has 0 radical (unpaired) electrons. The summed E-state index contributed by atoms with van der Waals surface area (Å²) in [6, 6.07) is -1.50. The number of aliphatic carboxylic acids is 1. The largest absolute Gasteiger partial charge is 0.480 e. The van der Waals surface area contributed by atoms with Gasteiger partial charge in [-0.05, 0) is 6.42 Å². The van der Waals surface area contributed by atoms with E-state index in [1.807, 2.05) is 13.8 Å². The summed E-state index contributed by atoms with van der Waals surface area (Å²) in [5.41, 5.74) is -0.393. The highest BCUT2D eigenvalue weighted by Gasteiger charge is 2.37. The molecule has 0 aromatic heterocycles. The van der Waals surface area contributed by atoms with E-state index in [0.717, 1.165) is 0 Å². The summed E-state index contributed by atoms with van der Waals surface area (Å²) in [7, 11) is 1.38. The minimum absolute atomic E-state index is 0.0824. The van der Waals surface area contributed by atoms with Crippen molar-refractivity contribution in [2.45, 2.75) is 32.4 Å². The number of carbonyl (C=O) groups excluding carboxylic acids is 1. The lowest BCUT2D eigenvalue weighted by Gasteiger charge is -2.41. The van der Waals surface area contributed by atoms with Gasteiger partial charge < -0.3 is 25.2 Å². The predicted octanol–water partition coefficient (Wildman–Crippen LogP) is -0.112. The maximum atomic E-state index is 12.0. The Hall–Kier alpha value is -1.34. The van der Waals surface area contributed by atoms with Crippen molar-refractivity contribution in [2.75, 3.05) is 26.8 Å². The van der Waals surface area contributed by atoms with Gasteiger partial charge in [-0.15, -0.1) is 0 Å². The van der Waals surface area contributed by atoms with Crippen LogP contribution in [0.15, 0.2) is 0 Å². The number of carboxylic acids is 1. The average molecular weight is 274 g/mol. The molecule has 2 amide bonds. The van der Waals surface area contributed by atoms with Crippen LogP contribution in [0.5, 0.6) is 0 Å². The summed E-state index contributed by atoms with van der Waals surface area (Å²) in [4.78, 5) is 24.5. The highest BCUT2D eigenvalue weighted by molar-refractivity contribution is 5.82. The van der Waals surface area contributed by atoms with Gasteiger partial charge in [0.2, 0.25) is 0 Å². The monoisotopic (exact) mass is 274 g/mol. The normalized spacial score (nSPS) is 23.8. The fourth-order valence-corrected chi connectivity index (χ4v) is 2.10. The fourth-order valence-electron chi connectivity index (χ4n) is 2.10. The zero-order chi connectivity index (χ0) is 14.6. The van der Waals surface area contributed by atoms with E-state index in [1.54, 1.807) is 0 Å². The molecule has 1 saturated heterocycles. The SMILES string of the molecule is COCC(NC(=O)N1CCC(O)C(C)(C)C1)C(=O)O. The van der Waals surface area contributed by atoms with Crippen molar-refractivity contribution in [2.24, 2.45) is 5.41 Å². The lowest BCUT2D eigenvalue weighted by atomic mass is 9.81. The number of carbonyl (C=O) groups is 2. The third-order valence-electron chi connectivity index (χ3n) is 3.39. The summed E-state index contributed by atoms with van der Waals surface area (Å²) in [6.45, 7) is 4.47. The summed E-state index contributed by atoms with van der Waals surface area (Å²) in [6.07, 6.45) is 0.0356. The van der Waals surface area contributed by atoms with Gasteiger partial charge in [-0.1, -0.05) is 13.8 Å². The van der Waals surface area contributed by atoms with Crippen LogP contribution in [0.25, 0.3) is 0 Å². The summed E-state index contributed by atoms with van der Waals surface area (Å²) >= 11 is 0. The third-order valence-corrected chi connectivity index (χ3v) is 3.39. The molecule has 0 spiro atoms. The van der Waals surface area contributed by atoms with Crippen molar-refractivity contribution in [3.05, 3.63) is 0 Å². The van der Waals surface area contributed by atoms with Crippen LogP contribution in [0.2, 0.25) is 0 Å². The second kappa shape index (κ2) is 6.21. The van der Waals surface area contributed by atoms with E-state index in [2.05, 4.69) is 5.32 Å². The van der Waals surface area contributed by atoms with Crippen molar-refractivity contribution in [1.82, 2.24) is 10.2 Å². The highest BCUT2D eigenvalue weighted by atomic mass is 16.5. The first kappa shape index (κ1) is 15.7. The number of ether oxygens (including phenoxy) is 1. The lowest BCUT2D eigenvalue weighted by molar-refractivity contribution is -0.140. The zero-order valence-corrected chi connectivity index (χ0v) is 11.5. The number of methoxy groups -OCH3 is 1. The van der Waals surface area contributed by atoms with Gasteiger partial charge in [0.05, 0.1) is 12.7 Å². The van der Waals surface area contributed by atoms with Crippen molar-refractivity contribution >= 4 is 12.0 Å². The Kier molecular flexibility index (Phi) is 5.13. The number of rotatable bonds is 4. The third kappa shape index (κ3) is 4.07. The molecule has 1 heterocycles. The number of likely N-dealkylation sites (tertiary alicyclic amines) is 1. The van der Waals surface area contributed by atoms with Gasteiger partial charge in [-0.25, -0.2) is 9.59 Å². The number of nitrogens with zero attached hydrogens (tertiary/aromatic N) is 1. The Balaban J connectivity index is 2.60. The number of urea groups is 1. The maximum Gasteiger partial charge on any atom is 0.328 e. The van der Waals surface area contributed by atoms with Crippen LogP contribution in [-0.2, 0) is 9.53 Å². The Morgan fingerprint density at radius 2 is 2.16 bits per heavy atom. The molecule has 7 heteroatoms. The molecule has 0 bridgehead atoms. The number of carboxylic acid groups (broad SMARTS) is 1. The first-order valence-corrected chi connectivity index (χ1v) is 6.23. The molecular formula is C12H22N2O5. The number of aliphatic hydroxyl groups is 1. The van der Waals surface area contributed by atoms with E-state index in [4.69, 9.17) is 9.84 Å². The minimum atomic E-state index is -1.13. The molecule has 19 heavy (non-hydrogen) atoms. The molecule has 1 fully saturated rings. The average Bonchev–Trinajstić information content (AvgIpc) is 2.31. The first-order chi connectivity index (χ1) is 8.77. The highest BCUT2D eigenvalue weighted by Crippen LogP contribution is 2.28. The molecule has 3 N–H and O–H groups in total. The molecule has 2 atom stereocenters. The minimum Gasteiger partial charge on any atom is -0.480 e. The van der Waals surface area contributed by atoms with Crippen LogP contribution in [0, 0.1) is 5.41 Å². The molecule has 0 aliphatic carbocycles. The summed E-state index contributed by atoms with van der Waals surface area (Å²) in [5.74, 6) is -1.13. The molecule has 1 aliphatic rings. The second-order valence-corrected chi connectivity index (χ2v) is 5.51. The van der Waals surface area contributed by atoms with Crippen LogP contribution >= 0.6 is 0 Å². The van der Waals surface area contributed by atoms with E-state index >= 15 is 0 Å². The second-order valence-electron chi connectivity index (χ2n) is 5.51. The standard InChI is InChI=1S/C12H22N2O5/c1-12(2)7-14(5-4-9(12)15)11(18)13-8(6-19-3)10(16)17/h8-9,15H,4-7H2,1-3H3,(H,13,18)(H,16,17). The number of aliphatic hydroxyl groups excluding tert-OH is 1. The molecule has 1 rings (SSSR count). The van der Waals surface area contributed by atoms with Gasteiger partial charge in [0.15, 0.2) is 6.04 Å². The topological polar surface area (TPSA) is 99.1 Å². The van der Waals surface area contributed by atoms with Crippen LogP contribution in [-0.4, -0.2) is 66.1 Å². The number of piperidine rings is 1. The molecule has 110 valence electrons. The fraction of sp³-hybridized carbons (Fsp3) is 0.833. The molecular weight excluding hydrogens is 252 g/mol. The lowest BCUT2D eigenvalue weighted by Crippen LogP contribution is -2.56. The Labute approximate surface area is 112 Å². The quantitative estimate of drug-likeness (QED) is 0.664. The van der Waals surface area contributed by atoms with Crippen LogP contribution in [0.1, 0.15) is 20.3 Å². The van der Waals surface area contributed by atoms with E-state index < -0.39 is 29.6 Å². The zero-order valence-electron chi connectivity index (χ0n) is 11.5. The first-order valence-electron chi connectivity index (χ1n) is 6.23. The van der Waals surface area contributed by atoms with Crippen LogP contribution < -0.4 is 5.32 Å². The maximum absolute atomic E-state index is 12.0. The Morgan fingerprint density at radius 1 is 1.53 bits per heavy atom. The van der Waals surface area contributed by atoms with Gasteiger partial charge in [-0.2, -0.15) is 0 Å². The predicted molar refractivity (Wildman–Crippen MR) is 67.8 cm³/mol. The molecule has 7 nitrogen and oxygen atoms in total. The van der Waals surface area contributed by atoms with Crippen molar-refractivity contribution < 1.29 is 24.5 Å². The number of hydrogen-bond acceptors (Lipinski definition) is 4. The smallest absolute Gasteiger partial charge is 0.328 e. The van der Waals surface area contributed by atoms with E-state index in [0.29, 0.717) is 19.5 Å². The molecule has 2 unspecified atom stereocenters. The van der Waals surface area contributed by atoms with Gasteiger partial charge in [-0.3, -0.25) is 0 Å². The van der Waals surface area contributed by atoms with Gasteiger partial charge in [0.1, 0.15) is 0 Å². The number of hydrogen-bond donors (Lipinski definition) is 3. The molecule has 0 saturated carbocycles. The van der Waals surface area contributed by atoms with Gasteiger partial charge in [0, 0.05) is 25.6 Å². The number of amides is 2. The summed E-state index contributed by atoms with van der Waals surface area (Å²) < 4.78 is 4.76. The molecule has 1 aliphatic heterocycles. The van der Waals surface area contributed by atoms with E-state index in [9.17, 15) is 14.7 Å². The van der Waals surface area contributed by atoms with Crippen LogP contribution in [0.4, 0.5) is 4.79 Å². The summed E-state index contributed by atoms with van der Waals surface area (Å²) in [5, 5.41) is 21.2. The van der Waals surface area contributed by atoms with Crippen molar-refractivity contribution in [3.8, 4) is 0 Å². The Morgan fingerprint density at radius 3 is 2.63 bits per heavy atom. The van der Waals surface area contributed by atoms with E-state index in [1.165, 1.54) is 12.0 Å². The molecule has 0 aromatic rings. The number of nitrogens with one attached hydrogen (secondary N) is 1. The van der Waals surface area contributed by atoms with Crippen molar-refractivity contribution in [3.63, 3.8) is 0 Å². The van der Waals surface area contributed by atoms with Gasteiger partial charge in [0.25, 0.3) is 0 Å². The molecule has 0 aromatic carbocycles. The van der Waals surface area contributed by atoms with E-state index in [-0.39, 0.29) is 6.61 Å².